The van der Waals surface area contributed by atoms with E-state index in [0.717, 1.165) is 29.6 Å². The Bertz CT molecular complexity index is 1540. The van der Waals surface area contributed by atoms with Crippen LogP contribution in [0.5, 0.6) is 5.75 Å². The van der Waals surface area contributed by atoms with Crippen LogP contribution in [0.1, 0.15) is 31.5 Å². The largest absolute Gasteiger partial charge is 0.490 e. The van der Waals surface area contributed by atoms with Crippen molar-refractivity contribution >= 4 is 27.8 Å². The minimum Gasteiger partial charge on any atom is -0.490 e. The average molecular weight is 476 g/mol. The maximum atomic E-state index is 13.3. The number of nitrogens with one attached hydrogen (secondary N) is 3. The van der Waals surface area contributed by atoms with E-state index in [-0.39, 0.29) is 17.7 Å². The first-order valence-electron chi connectivity index (χ1n) is 11.5. The van der Waals surface area contributed by atoms with Crippen LogP contribution in [0.3, 0.4) is 0 Å². The molecule has 6 rings (SSSR count). The fourth-order valence-electron chi connectivity index (χ4n) is 4.44. The number of nitrogens with zero attached hydrogens (tertiary/aromatic N) is 4. The van der Waals surface area contributed by atoms with Gasteiger partial charge in [-0.05, 0) is 19.1 Å². The SMILES string of the molecule is CC(Nc1c(-c2nc3ccc(OC4CCOCC4)cc3[nH]2)c(=O)[nH]c2cn(C)nc12)c1cocn1. The van der Waals surface area contributed by atoms with E-state index in [1.165, 1.54) is 6.39 Å². The third kappa shape index (κ3) is 4.03. The Morgan fingerprint density at radius 2 is 2.09 bits per heavy atom. The first-order chi connectivity index (χ1) is 17.0. The van der Waals surface area contributed by atoms with Crippen LogP contribution in [-0.2, 0) is 11.8 Å². The third-order valence-electron chi connectivity index (χ3n) is 6.21. The first-order valence-corrected chi connectivity index (χ1v) is 11.5. The number of pyridine rings is 1. The molecule has 1 aliphatic heterocycles. The molecule has 0 aliphatic carbocycles. The highest BCUT2D eigenvalue weighted by Crippen LogP contribution is 2.33. The lowest BCUT2D eigenvalue weighted by Crippen LogP contribution is -2.25. The van der Waals surface area contributed by atoms with E-state index in [9.17, 15) is 4.79 Å². The number of imidazole rings is 1. The van der Waals surface area contributed by atoms with Crippen LogP contribution < -0.4 is 15.6 Å². The van der Waals surface area contributed by atoms with Crippen LogP contribution in [0.4, 0.5) is 5.69 Å². The zero-order chi connectivity index (χ0) is 23.9. The molecule has 1 atom stereocenters. The molecule has 1 fully saturated rings. The lowest BCUT2D eigenvalue weighted by molar-refractivity contribution is 0.0256. The Balaban J connectivity index is 1.42. The first kappa shape index (κ1) is 21.4. The molecule has 4 aromatic heterocycles. The molecule has 0 saturated carbocycles. The molecule has 11 heteroatoms. The number of anilines is 1. The molecule has 0 amide bonds. The van der Waals surface area contributed by atoms with Gasteiger partial charge in [0, 0.05) is 32.2 Å². The summed E-state index contributed by atoms with van der Waals surface area (Å²) < 4.78 is 18.4. The molecular formula is C24H25N7O4. The van der Waals surface area contributed by atoms with Gasteiger partial charge in [-0.1, -0.05) is 0 Å². The van der Waals surface area contributed by atoms with Gasteiger partial charge in [0.2, 0.25) is 0 Å². The quantitative estimate of drug-likeness (QED) is 0.339. The fraction of sp³-hybridized carbons (Fsp3) is 0.333. The number of benzene rings is 1. The van der Waals surface area contributed by atoms with E-state index in [0.29, 0.717) is 47.0 Å². The molecule has 0 spiro atoms. The normalized spacial score (nSPS) is 15.6. The van der Waals surface area contributed by atoms with Crippen LogP contribution in [0.2, 0.25) is 0 Å². The summed E-state index contributed by atoms with van der Waals surface area (Å²) in [4.78, 5) is 28.5. The van der Waals surface area contributed by atoms with E-state index >= 15 is 0 Å². The summed E-state index contributed by atoms with van der Waals surface area (Å²) in [7, 11) is 1.81. The van der Waals surface area contributed by atoms with Crippen molar-refractivity contribution in [3.05, 3.63) is 53.1 Å². The number of oxazole rings is 1. The molecule has 1 unspecified atom stereocenters. The predicted octanol–water partition coefficient (Wildman–Crippen LogP) is 3.52. The summed E-state index contributed by atoms with van der Waals surface area (Å²) in [6, 6.07) is 5.48. The molecule has 0 bridgehead atoms. The van der Waals surface area contributed by atoms with Crippen LogP contribution >= 0.6 is 0 Å². The fourth-order valence-corrected chi connectivity index (χ4v) is 4.44. The van der Waals surface area contributed by atoms with Crippen LogP contribution in [-0.4, -0.2) is 49.0 Å². The number of hydrogen-bond acceptors (Lipinski definition) is 8. The lowest BCUT2D eigenvalue weighted by atomic mass is 10.1. The maximum absolute atomic E-state index is 13.3. The van der Waals surface area contributed by atoms with E-state index < -0.39 is 0 Å². The molecule has 35 heavy (non-hydrogen) atoms. The summed E-state index contributed by atoms with van der Waals surface area (Å²) in [5, 5.41) is 7.98. The second kappa shape index (κ2) is 8.58. The predicted molar refractivity (Wildman–Crippen MR) is 129 cm³/mol. The number of rotatable bonds is 6. The molecule has 5 heterocycles. The topological polar surface area (TPSA) is 136 Å². The van der Waals surface area contributed by atoms with Gasteiger partial charge < -0.3 is 29.2 Å². The van der Waals surface area contributed by atoms with Crippen molar-refractivity contribution < 1.29 is 13.9 Å². The van der Waals surface area contributed by atoms with Gasteiger partial charge in [0.05, 0.1) is 41.5 Å². The maximum Gasteiger partial charge on any atom is 0.261 e. The highest BCUT2D eigenvalue weighted by molar-refractivity contribution is 5.96. The van der Waals surface area contributed by atoms with Crippen LogP contribution in [0.15, 0.2) is 46.3 Å². The van der Waals surface area contributed by atoms with Gasteiger partial charge in [0.15, 0.2) is 6.39 Å². The van der Waals surface area contributed by atoms with Gasteiger partial charge in [-0.3, -0.25) is 9.48 Å². The van der Waals surface area contributed by atoms with E-state index in [1.54, 1.807) is 17.1 Å². The summed E-state index contributed by atoms with van der Waals surface area (Å²) in [5.74, 6) is 1.19. The summed E-state index contributed by atoms with van der Waals surface area (Å²) in [6.45, 7) is 3.36. The van der Waals surface area contributed by atoms with Crippen molar-refractivity contribution in [1.82, 2.24) is 29.7 Å². The summed E-state index contributed by atoms with van der Waals surface area (Å²) >= 11 is 0. The number of ether oxygens (including phenoxy) is 2. The highest BCUT2D eigenvalue weighted by atomic mass is 16.5. The van der Waals surface area contributed by atoms with E-state index in [4.69, 9.17) is 18.9 Å². The van der Waals surface area contributed by atoms with Gasteiger partial charge in [0.1, 0.15) is 40.7 Å². The van der Waals surface area contributed by atoms with Crippen LogP contribution in [0.25, 0.3) is 33.5 Å². The molecule has 180 valence electrons. The Hall–Kier alpha value is -4.12. The Morgan fingerprint density at radius 1 is 1.23 bits per heavy atom. The molecule has 3 N–H and O–H groups in total. The van der Waals surface area contributed by atoms with Crippen LogP contribution in [0, 0.1) is 0 Å². The Morgan fingerprint density at radius 3 is 2.89 bits per heavy atom. The van der Waals surface area contributed by atoms with Gasteiger partial charge in [0.25, 0.3) is 5.56 Å². The van der Waals surface area contributed by atoms with Crippen molar-refractivity contribution in [2.75, 3.05) is 18.5 Å². The lowest BCUT2D eigenvalue weighted by Gasteiger charge is -2.23. The highest BCUT2D eigenvalue weighted by Gasteiger charge is 2.23. The van der Waals surface area contributed by atoms with Crippen molar-refractivity contribution in [2.45, 2.75) is 31.9 Å². The monoisotopic (exact) mass is 475 g/mol. The summed E-state index contributed by atoms with van der Waals surface area (Å²) in [5.41, 5.74) is 4.13. The molecule has 1 aliphatic rings. The smallest absolute Gasteiger partial charge is 0.261 e. The van der Waals surface area contributed by atoms with Crippen molar-refractivity contribution in [2.24, 2.45) is 7.05 Å². The second-order valence-corrected chi connectivity index (χ2v) is 8.74. The molecule has 1 saturated heterocycles. The van der Waals surface area contributed by atoms with Crippen molar-refractivity contribution in [3.63, 3.8) is 0 Å². The number of H-pyrrole nitrogens is 2. The number of aryl methyl sites for hydroxylation is 1. The van der Waals surface area contributed by atoms with Gasteiger partial charge >= 0.3 is 0 Å². The minimum absolute atomic E-state index is 0.131. The minimum atomic E-state index is -0.280. The van der Waals surface area contributed by atoms with E-state index in [2.05, 4.69) is 25.4 Å². The molecule has 0 radical (unpaired) electrons. The second-order valence-electron chi connectivity index (χ2n) is 8.74. The van der Waals surface area contributed by atoms with Gasteiger partial charge in [-0.2, -0.15) is 5.10 Å². The van der Waals surface area contributed by atoms with Crippen molar-refractivity contribution in [3.8, 4) is 17.1 Å². The molecule has 1 aromatic carbocycles. The number of aromatic amines is 2. The Kier molecular flexibility index (Phi) is 5.25. The number of hydrogen-bond donors (Lipinski definition) is 3. The Labute approximate surface area is 199 Å². The van der Waals surface area contributed by atoms with Gasteiger partial charge in [-0.25, -0.2) is 9.97 Å². The number of fused-ring (bicyclic) bond motifs is 2. The molecule has 11 nitrogen and oxygen atoms in total. The molecular weight excluding hydrogens is 450 g/mol. The molecule has 5 aromatic rings. The third-order valence-corrected chi connectivity index (χ3v) is 6.21. The zero-order valence-electron chi connectivity index (χ0n) is 19.4. The number of aromatic nitrogens is 6. The zero-order valence-corrected chi connectivity index (χ0v) is 19.4. The van der Waals surface area contributed by atoms with E-state index in [1.807, 2.05) is 32.2 Å². The van der Waals surface area contributed by atoms with Gasteiger partial charge in [-0.15, -0.1) is 0 Å². The van der Waals surface area contributed by atoms with Crippen molar-refractivity contribution in [1.29, 1.82) is 0 Å². The standard InChI is InChI=1S/C24H25N7O4/c1-13(19-11-34-12-25-19)26-22-20(24(32)29-18-10-31(2)30-21(18)22)23-27-16-4-3-15(9-17(16)28-23)35-14-5-7-33-8-6-14/h3-4,9-14,26H,5-8H2,1-2H3,(H,27,28)(H,29,32). The summed E-state index contributed by atoms with van der Waals surface area (Å²) in [6.07, 6.45) is 6.58. The average Bonchev–Trinajstić information content (AvgIpc) is 3.59.